The third kappa shape index (κ3) is 4.84. The van der Waals surface area contributed by atoms with Gasteiger partial charge in [-0.05, 0) is 26.2 Å². The lowest BCUT2D eigenvalue weighted by molar-refractivity contribution is 0.437. The molecule has 14 heavy (non-hydrogen) atoms. The van der Waals surface area contributed by atoms with Crippen molar-refractivity contribution in [3.63, 3.8) is 0 Å². The van der Waals surface area contributed by atoms with Crippen LogP contribution in [0.4, 0.5) is 0 Å². The number of thioether (sulfide) groups is 1. The number of hydrogen-bond donors (Lipinski definition) is 0. The van der Waals surface area contributed by atoms with Gasteiger partial charge in [-0.25, -0.2) is 0 Å². The molecule has 0 aliphatic carbocycles. The van der Waals surface area contributed by atoms with Crippen molar-refractivity contribution in [1.82, 2.24) is 9.88 Å². The molecule has 0 fully saturated rings. The van der Waals surface area contributed by atoms with Crippen molar-refractivity contribution in [2.75, 3.05) is 26.4 Å². The van der Waals surface area contributed by atoms with Crippen molar-refractivity contribution >= 4 is 23.4 Å². The molecule has 78 valence electrons. The molecular formula is C10H15ClN2S. The fourth-order valence-electron chi connectivity index (χ4n) is 0.952. The van der Waals surface area contributed by atoms with Crippen molar-refractivity contribution in [3.05, 3.63) is 29.0 Å². The van der Waals surface area contributed by atoms with Gasteiger partial charge in [0.05, 0.1) is 5.69 Å². The van der Waals surface area contributed by atoms with Gasteiger partial charge in [0.1, 0.15) is 0 Å². The zero-order valence-corrected chi connectivity index (χ0v) is 10.1. The summed E-state index contributed by atoms with van der Waals surface area (Å²) in [6, 6.07) is 3.72. The van der Waals surface area contributed by atoms with Gasteiger partial charge in [0, 0.05) is 29.3 Å². The van der Waals surface area contributed by atoms with E-state index in [1.165, 1.54) is 0 Å². The molecule has 0 bridgehead atoms. The third-order valence-electron chi connectivity index (χ3n) is 1.71. The van der Waals surface area contributed by atoms with E-state index in [9.17, 15) is 0 Å². The summed E-state index contributed by atoms with van der Waals surface area (Å²) in [6.07, 6.45) is 1.75. The largest absolute Gasteiger partial charge is 0.309 e. The predicted octanol–water partition coefficient (Wildman–Crippen LogP) is 2.53. The van der Waals surface area contributed by atoms with Crippen molar-refractivity contribution in [1.29, 1.82) is 0 Å². The van der Waals surface area contributed by atoms with Gasteiger partial charge in [-0.3, -0.25) is 4.98 Å². The summed E-state index contributed by atoms with van der Waals surface area (Å²) < 4.78 is 0. The average Bonchev–Trinajstić information content (AvgIpc) is 2.12. The van der Waals surface area contributed by atoms with Gasteiger partial charge >= 0.3 is 0 Å². The molecule has 0 radical (unpaired) electrons. The molecule has 0 aromatic carbocycles. The quantitative estimate of drug-likeness (QED) is 0.724. The van der Waals surface area contributed by atoms with E-state index >= 15 is 0 Å². The lowest BCUT2D eigenvalue weighted by Crippen LogP contribution is -2.14. The first-order valence-corrected chi connectivity index (χ1v) is 6.04. The first-order chi connectivity index (χ1) is 6.68. The molecule has 1 rings (SSSR count). The molecule has 0 atom stereocenters. The molecule has 0 saturated heterocycles. The van der Waals surface area contributed by atoms with E-state index in [1.807, 2.05) is 17.8 Å². The van der Waals surface area contributed by atoms with Gasteiger partial charge < -0.3 is 4.90 Å². The highest BCUT2D eigenvalue weighted by molar-refractivity contribution is 7.98. The summed E-state index contributed by atoms with van der Waals surface area (Å²) in [6.45, 7) is 1.10. The molecule has 0 saturated carbocycles. The second-order valence-electron chi connectivity index (χ2n) is 3.32. The summed E-state index contributed by atoms with van der Waals surface area (Å²) in [7, 11) is 4.16. The minimum atomic E-state index is 0.767. The monoisotopic (exact) mass is 230 g/mol. The number of pyridine rings is 1. The van der Waals surface area contributed by atoms with Crippen LogP contribution in [0.25, 0.3) is 0 Å². The fourth-order valence-corrected chi connectivity index (χ4v) is 2.14. The highest BCUT2D eigenvalue weighted by Crippen LogP contribution is 2.13. The summed E-state index contributed by atoms with van der Waals surface area (Å²) in [4.78, 5) is 6.42. The van der Waals surface area contributed by atoms with Crippen LogP contribution >= 0.6 is 23.4 Å². The molecular weight excluding hydrogens is 216 g/mol. The maximum atomic E-state index is 5.85. The molecule has 0 aliphatic rings. The highest BCUT2D eigenvalue weighted by Gasteiger charge is 1.96. The molecule has 2 nitrogen and oxygen atoms in total. The van der Waals surface area contributed by atoms with Crippen LogP contribution in [-0.2, 0) is 5.75 Å². The number of hydrogen-bond acceptors (Lipinski definition) is 3. The van der Waals surface area contributed by atoms with Crippen molar-refractivity contribution in [2.24, 2.45) is 0 Å². The number of aromatic nitrogens is 1. The van der Waals surface area contributed by atoms with E-state index in [-0.39, 0.29) is 0 Å². The van der Waals surface area contributed by atoms with E-state index in [0.29, 0.717) is 0 Å². The summed E-state index contributed by atoms with van der Waals surface area (Å²) in [5, 5.41) is 0.767. The smallest absolute Gasteiger partial charge is 0.0517 e. The maximum Gasteiger partial charge on any atom is 0.0517 e. The van der Waals surface area contributed by atoms with Gasteiger partial charge in [-0.1, -0.05) is 11.6 Å². The fraction of sp³-hybridized carbons (Fsp3) is 0.500. The van der Waals surface area contributed by atoms with Crippen LogP contribution in [0.2, 0.25) is 5.02 Å². The predicted molar refractivity (Wildman–Crippen MR) is 64.0 cm³/mol. The summed E-state index contributed by atoms with van der Waals surface area (Å²) >= 11 is 7.73. The molecule has 4 heteroatoms. The zero-order chi connectivity index (χ0) is 10.4. The van der Waals surface area contributed by atoms with E-state index < -0.39 is 0 Å². The van der Waals surface area contributed by atoms with Crippen LogP contribution in [0, 0.1) is 0 Å². The van der Waals surface area contributed by atoms with Crippen molar-refractivity contribution in [3.8, 4) is 0 Å². The Morgan fingerprint density at radius 3 is 2.93 bits per heavy atom. The van der Waals surface area contributed by atoms with Gasteiger partial charge in [0.15, 0.2) is 0 Å². The Bertz CT molecular complexity index is 279. The standard InChI is InChI=1S/C10H15ClN2S/c1-13(2)5-6-14-8-10-7-9(11)3-4-12-10/h3-4,7H,5-6,8H2,1-2H3. The summed E-state index contributed by atoms with van der Waals surface area (Å²) in [5.41, 5.74) is 1.06. The minimum absolute atomic E-state index is 0.767. The van der Waals surface area contributed by atoms with E-state index in [1.54, 1.807) is 12.3 Å². The van der Waals surface area contributed by atoms with Crippen LogP contribution in [0.15, 0.2) is 18.3 Å². The van der Waals surface area contributed by atoms with Crippen LogP contribution in [0.5, 0.6) is 0 Å². The highest BCUT2D eigenvalue weighted by atomic mass is 35.5. The van der Waals surface area contributed by atoms with E-state index in [0.717, 1.165) is 28.8 Å². The van der Waals surface area contributed by atoms with Crippen LogP contribution in [0.1, 0.15) is 5.69 Å². The molecule has 0 spiro atoms. The topological polar surface area (TPSA) is 16.1 Å². The SMILES string of the molecule is CN(C)CCSCc1cc(Cl)ccn1. The van der Waals surface area contributed by atoms with Gasteiger partial charge in [0.25, 0.3) is 0 Å². The number of halogens is 1. The second-order valence-corrected chi connectivity index (χ2v) is 4.86. The molecule has 0 amide bonds. The minimum Gasteiger partial charge on any atom is -0.309 e. The Balaban J connectivity index is 2.25. The first kappa shape index (κ1) is 11.8. The van der Waals surface area contributed by atoms with E-state index in [4.69, 9.17) is 11.6 Å². The van der Waals surface area contributed by atoms with Crippen molar-refractivity contribution < 1.29 is 0 Å². The van der Waals surface area contributed by atoms with Gasteiger partial charge in [0.2, 0.25) is 0 Å². The second kappa shape index (κ2) is 6.27. The first-order valence-electron chi connectivity index (χ1n) is 4.51. The molecule has 1 heterocycles. The Morgan fingerprint density at radius 2 is 2.29 bits per heavy atom. The Labute approximate surface area is 94.7 Å². The number of nitrogens with zero attached hydrogens (tertiary/aromatic N) is 2. The van der Waals surface area contributed by atoms with Crippen LogP contribution < -0.4 is 0 Å². The van der Waals surface area contributed by atoms with Crippen molar-refractivity contribution in [2.45, 2.75) is 5.75 Å². The van der Waals surface area contributed by atoms with Crippen LogP contribution in [0.3, 0.4) is 0 Å². The van der Waals surface area contributed by atoms with Gasteiger partial charge in [-0.2, -0.15) is 11.8 Å². The zero-order valence-electron chi connectivity index (χ0n) is 8.53. The Morgan fingerprint density at radius 1 is 1.50 bits per heavy atom. The molecule has 0 N–H and O–H groups in total. The Kier molecular flexibility index (Phi) is 5.30. The Hall–Kier alpha value is -0.250. The van der Waals surface area contributed by atoms with Crippen LogP contribution in [-0.4, -0.2) is 36.3 Å². The molecule has 1 aromatic heterocycles. The molecule has 0 aliphatic heterocycles. The lowest BCUT2D eigenvalue weighted by atomic mass is 10.4. The third-order valence-corrected chi connectivity index (χ3v) is 2.92. The molecule has 1 aromatic rings. The maximum absolute atomic E-state index is 5.85. The normalized spacial score (nSPS) is 10.9. The van der Waals surface area contributed by atoms with Gasteiger partial charge in [-0.15, -0.1) is 0 Å². The lowest BCUT2D eigenvalue weighted by Gasteiger charge is -2.08. The average molecular weight is 231 g/mol. The van der Waals surface area contributed by atoms with E-state index in [2.05, 4.69) is 24.0 Å². The summed E-state index contributed by atoms with van der Waals surface area (Å²) in [5.74, 6) is 2.07. The molecule has 0 unspecified atom stereocenters. The number of rotatable bonds is 5.